The van der Waals surface area contributed by atoms with Crippen molar-refractivity contribution in [3.05, 3.63) is 23.8 Å². The van der Waals surface area contributed by atoms with Crippen LogP contribution in [-0.4, -0.2) is 11.9 Å². The Bertz CT molecular complexity index is 438. The average molecular weight is 246 g/mol. The first-order chi connectivity index (χ1) is 8.54. The van der Waals surface area contributed by atoms with Gasteiger partial charge >= 0.3 is 0 Å². The van der Waals surface area contributed by atoms with E-state index in [-0.39, 0.29) is 5.91 Å². The smallest absolute Gasteiger partial charge is 0.221 e. The van der Waals surface area contributed by atoms with Crippen molar-refractivity contribution in [1.82, 2.24) is 0 Å². The lowest BCUT2D eigenvalue weighted by atomic mass is 10.1. The van der Waals surface area contributed by atoms with Crippen molar-refractivity contribution < 1.29 is 4.79 Å². The zero-order valence-electron chi connectivity index (χ0n) is 11.4. The van der Waals surface area contributed by atoms with Crippen LogP contribution in [0.5, 0.6) is 0 Å². The second kappa shape index (κ2) is 5.42. The van der Waals surface area contributed by atoms with Crippen molar-refractivity contribution in [2.24, 2.45) is 5.92 Å². The van der Waals surface area contributed by atoms with Gasteiger partial charge in [-0.05, 0) is 43.9 Å². The first-order valence-electron chi connectivity index (χ1n) is 6.69. The van der Waals surface area contributed by atoms with Crippen LogP contribution in [0.1, 0.15) is 38.7 Å². The molecule has 0 bridgehead atoms. The van der Waals surface area contributed by atoms with Crippen LogP contribution in [0, 0.1) is 12.8 Å². The number of rotatable bonds is 5. The summed E-state index contributed by atoms with van der Waals surface area (Å²) < 4.78 is 0. The molecule has 1 unspecified atom stereocenters. The first-order valence-corrected chi connectivity index (χ1v) is 6.69. The Morgan fingerprint density at radius 1 is 1.44 bits per heavy atom. The second-order valence-corrected chi connectivity index (χ2v) is 5.44. The molecule has 1 amide bonds. The molecule has 1 fully saturated rings. The van der Waals surface area contributed by atoms with Gasteiger partial charge in [0.25, 0.3) is 0 Å². The Hall–Kier alpha value is -1.51. The van der Waals surface area contributed by atoms with E-state index in [1.807, 2.05) is 18.2 Å². The van der Waals surface area contributed by atoms with Crippen LogP contribution < -0.4 is 10.6 Å². The third kappa shape index (κ3) is 3.76. The van der Waals surface area contributed by atoms with Gasteiger partial charge in [-0.15, -0.1) is 0 Å². The minimum absolute atomic E-state index is 0.0316. The molecule has 2 rings (SSSR count). The van der Waals surface area contributed by atoms with E-state index in [0.29, 0.717) is 6.04 Å². The standard InChI is InChI=1S/C15H22N2O/c1-10-4-7-14(17-12(3)18)9-15(10)16-11(2)8-13-5-6-13/h4,7,9,11,13,16H,5-6,8H2,1-3H3,(H,17,18). The van der Waals surface area contributed by atoms with Gasteiger partial charge in [0.05, 0.1) is 0 Å². The van der Waals surface area contributed by atoms with Gasteiger partial charge in [0.1, 0.15) is 0 Å². The van der Waals surface area contributed by atoms with E-state index < -0.39 is 0 Å². The van der Waals surface area contributed by atoms with Crippen LogP contribution in [-0.2, 0) is 4.79 Å². The van der Waals surface area contributed by atoms with E-state index in [1.165, 1.54) is 31.7 Å². The lowest BCUT2D eigenvalue weighted by molar-refractivity contribution is -0.114. The van der Waals surface area contributed by atoms with Gasteiger partial charge in [0.2, 0.25) is 5.91 Å². The van der Waals surface area contributed by atoms with Crippen molar-refractivity contribution in [1.29, 1.82) is 0 Å². The molecule has 0 aliphatic heterocycles. The van der Waals surface area contributed by atoms with Gasteiger partial charge in [-0.1, -0.05) is 18.9 Å². The van der Waals surface area contributed by atoms with Gasteiger partial charge in [0, 0.05) is 24.3 Å². The SMILES string of the molecule is CC(=O)Nc1ccc(C)c(NC(C)CC2CC2)c1. The molecule has 0 saturated heterocycles. The minimum Gasteiger partial charge on any atom is -0.382 e. The maximum atomic E-state index is 11.1. The van der Waals surface area contributed by atoms with Crippen molar-refractivity contribution in [2.45, 2.75) is 46.1 Å². The predicted molar refractivity (Wildman–Crippen MR) is 75.9 cm³/mol. The fourth-order valence-corrected chi connectivity index (χ4v) is 2.24. The second-order valence-electron chi connectivity index (χ2n) is 5.44. The molecule has 1 atom stereocenters. The van der Waals surface area contributed by atoms with Gasteiger partial charge in [0.15, 0.2) is 0 Å². The largest absolute Gasteiger partial charge is 0.382 e. The van der Waals surface area contributed by atoms with Crippen LogP contribution in [0.4, 0.5) is 11.4 Å². The number of anilines is 2. The Morgan fingerprint density at radius 3 is 2.78 bits per heavy atom. The minimum atomic E-state index is -0.0316. The molecule has 2 N–H and O–H groups in total. The third-order valence-corrected chi connectivity index (χ3v) is 3.34. The zero-order valence-corrected chi connectivity index (χ0v) is 11.4. The van der Waals surface area contributed by atoms with Crippen molar-refractivity contribution >= 4 is 17.3 Å². The maximum Gasteiger partial charge on any atom is 0.221 e. The summed E-state index contributed by atoms with van der Waals surface area (Å²) in [5, 5.41) is 6.36. The number of hydrogen-bond acceptors (Lipinski definition) is 2. The van der Waals surface area contributed by atoms with Crippen LogP contribution in [0.25, 0.3) is 0 Å². The molecule has 0 radical (unpaired) electrons. The topological polar surface area (TPSA) is 41.1 Å². The van der Waals surface area contributed by atoms with Crippen LogP contribution in [0.15, 0.2) is 18.2 Å². The maximum absolute atomic E-state index is 11.1. The first kappa shape index (κ1) is 12.9. The van der Waals surface area contributed by atoms with Crippen molar-refractivity contribution in [3.8, 4) is 0 Å². The number of aryl methyl sites for hydroxylation is 1. The predicted octanol–water partition coefficient (Wildman–Crippen LogP) is 3.55. The highest BCUT2D eigenvalue weighted by atomic mass is 16.1. The lowest BCUT2D eigenvalue weighted by Crippen LogP contribution is -2.16. The average Bonchev–Trinajstić information content (AvgIpc) is 3.06. The number of benzene rings is 1. The fourth-order valence-electron chi connectivity index (χ4n) is 2.24. The van der Waals surface area contributed by atoms with E-state index in [2.05, 4.69) is 24.5 Å². The zero-order chi connectivity index (χ0) is 13.1. The molecule has 1 aromatic rings. The highest BCUT2D eigenvalue weighted by Crippen LogP contribution is 2.34. The highest BCUT2D eigenvalue weighted by molar-refractivity contribution is 5.89. The van der Waals surface area contributed by atoms with E-state index in [1.54, 1.807) is 0 Å². The van der Waals surface area contributed by atoms with Crippen molar-refractivity contribution in [3.63, 3.8) is 0 Å². The number of hydrogen-bond donors (Lipinski definition) is 2. The molecule has 3 heteroatoms. The molecule has 1 aliphatic rings. The molecular formula is C15H22N2O. The number of carbonyl (C=O) groups excluding carboxylic acids is 1. The summed E-state index contributed by atoms with van der Waals surface area (Å²) in [6.45, 7) is 5.84. The molecule has 1 aliphatic carbocycles. The van der Waals surface area contributed by atoms with E-state index in [9.17, 15) is 4.79 Å². The molecular weight excluding hydrogens is 224 g/mol. The van der Waals surface area contributed by atoms with Crippen LogP contribution >= 0.6 is 0 Å². The summed E-state index contributed by atoms with van der Waals surface area (Å²) in [5.74, 6) is 0.891. The Kier molecular flexibility index (Phi) is 3.90. The summed E-state index contributed by atoms with van der Waals surface area (Å²) in [6.07, 6.45) is 4.01. The fraction of sp³-hybridized carbons (Fsp3) is 0.533. The Labute approximate surface area is 109 Å². The quantitative estimate of drug-likeness (QED) is 0.834. The molecule has 3 nitrogen and oxygen atoms in total. The van der Waals surface area contributed by atoms with Crippen molar-refractivity contribution in [2.75, 3.05) is 10.6 Å². The summed E-state index contributed by atoms with van der Waals surface area (Å²) in [6, 6.07) is 6.48. The molecule has 18 heavy (non-hydrogen) atoms. The van der Waals surface area contributed by atoms with Gasteiger partial charge in [-0.2, -0.15) is 0 Å². The van der Waals surface area contributed by atoms with Gasteiger partial charge < -0.3 is 10.6 Å². The molecule has 0 heterocycles. The van der Waals surface area contributed by atoms with Crippen LogP contribution in [0.2, 0.25) is 0 Å². The van der Waals surface area contributed by atoms with E-state index in [4.69, 9.17) is 0 Å². The summed E-state index contributed by atoms with van der Waals surface area (Å²) >= 11 is 0. The third-order valence-electron chi connectivity index (χ3n) is 3.34. The molecule has 1 saturated carbocycles. The normalized spacial score (nSPS) is 16.2. The number of carbonyl (C=O) groups is 1. The number of nitrogens with one attached hydrogen (secondary N) is 2. The summed E-state index contributed by atoms with van der Waals surface area (Å²) in [4.78, 5) is 11.1. The molecule has 0 spiro atoms. The Morgan fingerprint density at radius 2 is 2.17 bits per heavy atom. The monoisotopic (exact) mass is 246 g/mol. The number of amides is 1. The van der Waals surface area contributed by atoms with Gasteiger partial charge in [-0.3, -0.25) is 4.79 Å². The van der Waals surface area contributed by atoms with Gasteiger partial charge in [-0.25, -0.2) is 0 Å². The Balaban J connectivity index is 2.02. The van der Waals surface area contributed by atoms with E-state index in [0.717, 1.165) is 17.3 Å². The molecule has 98 valence electrons. The lowest BCUT2D eigenvalue weighted by Gasteiger charge is -2.17. The van der Waals surface area contributed by atoms with E-state index >= 15 is 0 Å². The molecule has 1 aromatic carbocycles. The summed E-state index contributed by atoms with van der Waals surface area (Å²) in [5.41, 5.74) is 3.19. The van der Waals surface area contributed by atoms with Crippen LogP contribution in [0.3, 0.4) is 0 Å². The molecule has 0 aromatic heterocycles. The highest BCUT2D eigenvalue weighted by Gasteiger charge is 2.23. The summed E-state index contributed by atoms with van der Waals surface area (Å²) in [7, 11) is 0.